The highest BCUT2D eigenvalue weighted by molar-refractivity contribution is 5.96. The Balaban J connectivity index is 2.14. The topological polar surface area (TPSA) is 55.1 Å². The van der Waals surface area contributed by atoms with Gasteiger partial charge in [-0.25, -0.2) is 4.39 Å². The monoisotopic (exact) mass is 258 g/mol. The SMILES string of the molecule is NCC(C(=O)Nc1cccc(F)c1)c1ccccc1. The molecule has 3 nitrogen and oxygen atoms in total. The van der Waals surface area contributed by atoms with Crippen molar-refractivity contribution < 1.29 is 9.18 Å². The normalized spacial score (nSPS) is 11.9. The van der Waals surface area contributed by atoms with Gasteiger partial charge >= 0.3 is 0 Å². The number of carbonyl (C=O) groups is 1. The second-order valence-corrected chi connectivity index (χ2v) is 4.20. The average Bonchev–Trinajstić information content (AvgIpc) is 2.41. The molecule has 3 N–H and O–H groups in total. The van der Waals surface area contributed by atoms with Crippen LogP contribution in [0.25, 0.3) is 0 Å². The van der Waals surface area contributed by atoms with Gasteiger partial charge in [-0.15, -0.1) is 0 Å². The molecule has 0 radical (unpaired) electrons. The lowest BCUT2D eigenvalue weighted by molar-refractivity contribution is -0.117. The predicted molar refractivity (Wildman–Crippen MR) is 73.3 cm³/mol. The number of nitrogens with two attached hydrogens (primary N) is 1. The van der Waals surface area contributed by atoms with Gasteiger partial charge in [0.05, 0.1) is 5.92 Å². The summed E-state index contributed by atoms with van der Waals surface area (Å²) in [4.78, 5) is 12.1. The molecule has 2 aromatic carbocycles. The summed E-state index contributed by atoms with van der Waals surface area (Å²) in [6.07, 6.45) is 0. The number of benzene rings is 2. The summed E-state index contributed by atoms with van der Waals surface area (Å²) < 4.78 is 13.0. The Kier molecular flexibility index (Phi) is 4.26. The van der Waals surface area contributed by atoms with Crippen molar-refractivity contribution in [2.75, 3.05) is 11.9 Å². The van der Waals surface area contributed by atoms with Gasteiger partial charge in [-0.2, -0.15) is 0 Å². The Morgan fingerprint density at radius 3 is 2.53 bits per heavy atom. The van der Waals surface area contributed by atoms with Gasteiger partial charge in [0, 0.05) is 12.2 Å². The van der Waals surface area contributed by atoms with Crippen molar-refractivity contribution in [3.63, 3.8) is 0 Å². The fraction of sp³-hybridized carbons (Fsp3) is 0.133. The minimum absolute atomic E-state index is 0.200. The molecular weight excluding hydrogens is 243 g/mol. The van der Waals surface area contributed by atoms with E-state index in [1.165, 1.54) is 12.1 Å². The molecule has 0 aliphatic carbocycles. The van der Waals surface area contributed by atoms with E-state index < -0.39 is 5.92 Å². The average molecular weight is 258 g/mol. The number of nitrogens with one attached hydrogen (secondary N) is 1. The van der Waals surface area contributed by atoms with Crippen molar-refractivity contribution >= 4 is 11.6 Å². The van der Waals surface area contributed by atoms with Crippen molar-refractivity contribution in [2.24, 2.45) is 5.73 Å². The molecule has 0 aliphatic rings. The molecule has 0 heterocycles. The zero-order valence-corrected chi connectivity index (χ0v) is 10.3. The third kappa shape index (κ3) is 3.39. The van der Waals surface area contributed by atoms with Crippen LogP contribution in [0.5, 0.6) is 0 Å². The maximum Gasteiger partial charge on any atom is 0.233 e. The molecule has 0 aromatic heterocycles. The summed E-state index contributed by atoms with van der Waals surface area (Å²) in [5.74, 6) is -1.06. The van der Waals surface area contributed by atoms with E-state index in [4.69, 9.17) is 5.73 Å². The zero-order chi connectivity index (χ0) is 13.7. The van der Waals surface area contributed by atoms with E-state index in [-0.39, 0.29) is 18.3 Å². The van der Waals surface area contributed by atoms with Gasteiger partial charge in [0.1, 0.15) is 5.82 Å². The number of amides is 1. The van der Waals surface area contributed by atoms with Gasteiger partial charge in [-0.05, 0) is 23.8 Å². The molecule has 1 atom stereocenters. The Morgan fingerprint density at radius 1 is 1.16 bits per heavy atom. The lowest BCUT2D eigenvalue weighted by atomic mass is 9.98. The minimum Gasteiger partial charge on any atom is -0.329 e. The van der Waals surface area contributed by atoms with Crippen molar-refractivity contribution in [3.05, 3.63) is 66.0 Å². The van der Waals surface area contributed by atoms with E-state index in [0.29, 0.717) is 5.69 Å². The molecule has 0 bridgehead atoms. The van der Waals surface area contributed by atoms with Gasteiger partial charge in [0.25, 0.3) is 0 Å². The Labute approximate surface area is 111 Å². The largest absolute Gasteiger partial charge is 0.329 e. The molecule has 98 valence electrons. The van der Waals surface area contributed by atoms with Crippen LogP contribution in [0.4, 0.5) is 10.1 Å². The first-order valence-electron chi connectivity index (χ1n) is 6.02. The number of halogens is 1. The first-order chi connectivity index (χ1) is 9.20. The molecule has 4 heteroatoms. The smallest absolute Gasteiger partial charge is 0.233 e. The first kappa shape index (κ1) is 13.2. The standard InChI is InChI=1S/C15H15FN2O/c16-12-7-4-8-13(9-12)18-15(19)14(10-17)11-5-2-1-3-6-11/h1-9,14H,10,17H2,(H,18,19). The van der Waals surface area contributed by atoms with E-state index in [0.717, 1.165) is 5.56 Å². The van der Waals surface area contributed by atoms with Crippen LogP contribution in [0.15, 0.2) is 54.6 Å². The maximum absolute atomic E-state index is 13.0. The molecule has 1 unspecified atom stereocenters. The number of rotatable bonds is 4. The fourth-order valence-corrected chi connectivity index (χ4v) is 1.88. The minimum atomic E-state index is -0.440. The third-order valence-corrected chi connectivity index (χ3v) is 2.85. The molecule has 1 amide bonds. The van der Waals surface area contributed by atoms with E-state index in [1.54, 1.807) is 12.1 Å². The molecule has 0 fully saturated rings. The lowest BCUT2D eigenvalue weighted by Gasteiger charge is -2.15. The number of hydrogen-bond donors (Lipinski definition) is 2. The van der Waals surface area contributed by atoms with E-state index in [9.17, 15) is 9.18 Å². The van der Waals surface area contributed by atoms with Crippen LogP contribution in [0, 0.1) is 5.82 Å². The van der Waals surface area contributed by atoms with Crippen molar-refractivity contribution in [2.45, 2.75) is 5.92 Å². The van der Waals surface area contributed by atoms with Gasteiger partial charge < -0.3 is 11.1 Å². The lowest BCUT2D eigenvalue weighted by Crippen LogP contribution is -2.27. The first-order valence-corrected chi connectivity index (χ1v) is 6.02. The van der Waals surface area contributed by atoms with E-state index >= 15 is 0 Å². The highest BCUT2D eigenvalue weighted by Gasteiger charge is 2.18. The third-order valence-electron chi connectivity index (χ3n) is 2.85. The summed E-state index contributed by atoms with van der Waals surface area (Å²) in [5, 5.41) is 2.67. The Hall–Kier alpha value is -2.20. The van der Waals surface area contributed by atoms with Crippen molar-refractivity contribution in [1.82, 2.24) is 0 Å². The Morgan fingerprint density at radius 2 is 1.89 bits per heavy atom. The van der Waals surface area contributed by atoms with Crippen LogP contribution in [0.2, 0.25) is 0 Å². The summed E-state index contributed by atoms with van der Waals surface area (Å²) in [7, 11) is 0. The predicted octanol–water partition coefficient (Wildman–Crippen LogP) is 2.51. The van der Waals surface area contributed by atoms with Crippen LogP contribution in [0.3, 0.4) is 0 Å². The van der Waals surface area contributed by atoms with Crippen LogP contribution < -0.4 is 11.1 Å². The van der Waals surface area contributed by atoms with Crippen LogP contribution in [0.1, 0.15) is 11.5 Å². The molecule has 2 rings (SSSR count). The number of hydrogen-bond acceptors (Lipinski definition) is 2. The summed E-state index contributed by atoms with van der Waals surface area (Å²) in [6.45, 7) is 0.200. The molecule has 19 heavy (non-hydrogen) atoms. The van der Waals surface area contributed by atoms with Gasteiger partial charge in [0.2, 0.25) is 5.91 Å². The fourth-order valence-electron chi connectivity index (χ4n) is 1.88. The highest BCUT2D eigenvalue weighted by Crippen LogP contribution is 2.17. The second-order valence-electron chi connectivity index (χ2n) is 4.20. The summed E-state index contributed by atoms with van der Waals surface area (Å²) >= 11 is 0. The quantitative estimate of drug-likeness (QED) is 0.885. The highest BCUT2D eigenvalue weighted by atomic mass is 19.1. The summed E-state index contributed by atoms with van der Waals surface area (Å²) in [5.41, 5.74) is 6.93. The van der Waals surface area contributed by atoms with Crippen molar-refractivity contribution in [1.29, 1.82) is 0 Å². The van der Waals surface area contributed by atoms with Crippen LogP contribution in [-0.2, 0) is 4.79 Å². The van der Waals surface area contributed by atoms with E-state index in [1.807, 2.05) is 30.3 Å². The van der Waals surface area contributed by atoms with Gasteiger partial charge in [0.15, 0.2) is 0 Å². The Bertz CT molecular complexity index is 557. The van der Waals surface area contributed by atoms with Gasteiger partial charge in [-0.3, -0.25) is 4.79 Å². The second kappa shape index (κ2) is 6.11. The zero-order valence-electron chi connectivity index (χ0n) is 10.3. The van der Waals surface area contributed by atoms with Crippen LogP contribution >= 0.6 is 0 Å². The number of anilines is 1. The van der Waals surface area contributed by atoms with Crippen molar-refractivity contribution in [3.8, 4) is 0 Å². The molecule has 0 spiro atoms. The molecular formula is C15H15FN2O. The maximum atomic E-state index is 13.0. The molecule has 2 aromatic rings. The molecule has 0 saturated carbocycles. The van der Waals surface area contributed by atoms with Crippen LogP contribution in [-0.4, -0.2) is 12.5 Å². The summed E-state index contributed by atoms with van der Waals surface area (Å²) in [6, 6.07) is 15.1. The molecule has 0 aliphatic heterocycles. The van der Waals surface area contributed by atoms with E-state index in [2.05, 4.69) is 5.32 Å². The number of carbonyl (C=O) groups excluding carboxylic acids is 1. The molecule has 0 saturated heterocycles. The van der Waals surface area contributed by atoms with Gasteiger partial charge in [-0.1, -0.05) is 36.4 Å².